The Morgan fingerprint density at radius 1 is 1.47 bits per heavy atom. The minimum absolute atomic E-state index is 0.0127. The number of halogens is 3. The fourth-order valence-electron chi connectivity index (χ4n) is 1.54. The predicted molar refractivity (Wildman–Crippen MR) is 61.8 cm³/mol. The van der Waals surface area contributed by atoms with E-state index in [0.29, 0.717) is 11.1 Å². The molecule has 1 N–H and O–H groups in total. The Balaban J connectivity index is 3.20. The molecule has 3 nitrogen and oxygen atoms in total. The van der Waals surface area contributed by atoms with Gasteiger partial charge in [-0.25, -0.2) is 0 Å². The molecular weight excluding hydrogens is 298 g/mol. The highest BCUT2D eigenvalue weighted by atomic mass is 79.9. The molecule has 17 heavy (non-hydrogen) atoms. The van der Waals surface area contributed by atoms with Crippen molar-refractivity contribution in [1.29, 1.82) is 0 Å². The molecule has 1 rings (SSSR count). The van der Waals surface area contributed by atoms with Gasteiger partial charge in [-0.15, -0.1) is 0 Å². The Kier molecular flexibility index (Phi) is 4.86. The number of aliphatic carboxylic acids is 1. The average molecular weight is 309 g/mol. The number of ether oxygens (including phenoxy) is 1. The van der Waals surface area contributed by atoms with E-state index in [9.17, 15) is 13.6 Å². The summed E-state index contributed by atoms with van der Waals surface area (Å²) in [6.45, 7) is -1.19. The summed E-state index contributed by atoms with van der Waals surface area (Å²) in [5, 5.41) is 9.04. The van der Waals surface area contributed by atoms with Crippen LogP contribution in [0.15, 0.2) is 12.1 Å². The summed E-state index contributed by atoms with van der Waals surface area (Å²) in [7, 11) is 0. The van der Waals surface area contributed by atoms with Crippen molar-refractivity contribution in [2.45, 2.75) is 25.3 Å². The van der Waals surface area contributed by atoms with E-state index in [0.717, 1.165) is 5.56 Å². The van der Waals surface area contributed by atoms with Gasteiger partial charge in [-0.3, -0.25) is 4.79 Å². The maximum absolute atomic E-state index is 12.2. The lowest BCUT2D eigenvalue weighted by Crippen LogP contribution is -2.09. The number of hydrogen-bond acceptors (Lipinski definition) is 2. The van der Waals surface area contributed by atoms with Gasteiger partial charge in [0, 0.05) is 10.9 Å². The maximum atomic E-state index is 12.2. The zero-order chi connectivity index (χ0) is 13.0. The Labute approximate surface area is 106 Å². The van der Waals surface area contributed by atoms with E-state index in [1.165, 1.54) is 6.07 Å². The zero-order valence-corrected chi connectivity index (χ0v) is 10.6. The molecule has 0 radical (unpaired) electrons. The van der Waals surface area contributed by atoms with Crippen LogP contribution in [0.2, 0.25) is 0 Å². The highest BCUT2D eigenvalue weighted by Crippen LogP contribution is 2.29. The topological polar surface area (TPSA) is 46.5 Å². The highest BCUT2D eigenvalue weighted by Gasteiger charge is 2.16. The number of carboxylic acid groups (broad SMARTS) is 1. The minimum atomic E-state index is -2.92. The van der Waals surface area contributed by atoms with Gasteiger partial charge in [0.2, 0.25) is 0 Å². The monoisotopic (exact) mass is 308 g/mol. The van der Waals surface area contributed by atoms with Crippen molar-refractivity contribution in [2.24, 2.45) is 0 Å². The molecule has 0 aromatic heterocycles. The van der Waals surface area contributed by atoms with Crippen LogP contribution < -0.4 is 4.74 Å². The molecule has 0 aliphatic rings. The predicted octanol–water partition coefficient (Wildman–Crippen LogP) is 3.12. The molecule has 0 aliphatic carbocycles. The van der Waals surface area contributed by atoms with Crippen LogP contribution in [-0.2, 0) is 16.5 Å². The number of alkyl halides is 3. The van der Waals surface area contributed by atoms with Gasteiger partial charge in [-0.2, -0.15) is 8.78 Å². The molecule has 6 heteroatoms. The molecule has 0 aliphatic heterocycles. The third kappa shape index (κ3) is 3.66. The number of carbonyl (C=O) groups is 1. The quantitative estimate of drug-likeness (QED) is 0.850. The SMILES string of the molecule is Cc1ccc(OC(F)F)c(CBr)c1CC(=O)O. The number of hydrogen-bond donors (Lipinski definition) is 1. The van der Waals surface area contributed by atoms with E-state index in [4.69, 9.17) is 5.11 Å². The van der Waals surface area contributed by atoms with Gasteiger partial charge in [-0.1, -0.05) is 22.0 Å². The van der Waals surface area contributed by atoms with E-state index in [1.807, 2.05) is 0 Å². The van der Waals surface area contributed by atoms with Gasteiger partial charge >= 0.3 is 12.6 Å². The van der Waals surface area contributed by atoms with Crippen molar-refractivity contribution in [3.8, 4) is 5.75 Å². The van der Waals surface area contributed by atoms with E-state index < -0.39 is 12.6 Å². The number of benzene rings is 1. The second-order valence-electron chi connectivity index (χ2n) is 3.42. The van der Waals surface area contributed by atoms with Crippen molar-refractivity contribution < 1.29 is 23.4 Å². The smallest absolute Gasteiger partial charge is 0.387 e. The van der Waals surface area contributed by atoms with Gasteiger partial charge in [0.15, 0.2) is 0 Å². The second-order valence-corrected chi connectivity index (χ2v) is 3.98. The first-order valence-corrected chi connectivity index (χ1v) is 5.91. The van der Waals surface area contributed by atoms with Crippen LogP contribution in [0.4, 0.5) is 8.78 Å². The Morgan fingerprint density at radius 2 is 2.12 bits per heavy atom. The Bertz CT molecular complexity index is 421. The van der Waals surface area contributed by atoms with Crippen LogP contribution in [0.1, 0.15) is 16.7 Å². The zero-order valence-electron chi connectivity index (χ0n) is 9.04. The van der Waals surface area contributed by atoms with Gasteiger partial charge < -0.3 is 9.84 Å². The molecule has 0 spiro atoms. The van der Waals surface area contributed by atoms with Crippen molar-refractivity contribution in [3.05, 3.63) is 28.8 Å². The third-order valence-corrected chi connectivity index (χ3v) is 2.86. The molecule has 0 bridgehead atoms. The van der Waals surface area contributed by atoms with E-state index >= 15 is 0 Å². The summed E-state index contributed by atoms with van der Waals surface area (Å²) in [5.74, 6) is -0.997. The maximum Gasteiger partial charge on any atom is 0.387 e. The van der Waals surface area contributed by atoms with E-state index in [-0.39, 0.29) is 17.5 Å². The number of rotatable bonds is 5. The summed E-state index contributed by atoms with van der Waals surface area (Å²) >= 11 is 3.16. The number of aryl methyl sites for hydroxylation is 1. The summed E-state index contributed by atoms with van der Waals surface area (Å²) in [6, 6.07) is 2.99. The van der Waals surface area contributed by atoms with Crippen molar-refractivity contribution in [2.75, 3.05) is 0 Å². The minimum Gasteiger partial charge on any atom is -0.481 e. The lowest BCUT2D eigenvalue weighted by molar-refractivity contribution is -0.136. The molecule has 0 saturated carbocycles. The number of carboxylic acids is 1. The van der Waals surface area contributed by atoms with Gasteiger partial charge in [0.05, 0.1) is 6.42 Å². The molecule has 1 aromatic carbocycles. The summed E-state index contributed by atoms with van der Waals surface area (Å²) in [5.41, 5.74) is 1.70. The van der Waals surface area contributed by atoms with Crippen LogP contribution >= 0.6 is 15.9 Å². The van der Waals surface area contributed by atoms with Crippen molar-refractivity contribution in [3.63, 3.8) is 0 Å². The molecule has 0 saturated heterocycles. The van der Waals surface area contributed by atoms with Crippen LogP contribution in [0, 0.1) is 6.92 Å². The fourth-order valence-corrected chi connectivity index (χ4v) is 2.15. The third-order valence-electron chi connectivity index (χ3n) is 2.30. The highest BCUT2D eigenvalue weighted by molar-refractivity contribution is 9.08. The lowest BCUT2D eigenvalue weighted by Gasteiger charge is -2.14. The van der Waals surface area contributed by atoms with E-state index in [1.54, 1.807) is 13.0 Å². The first-order chi connectivity index (χ1) is 7.95. The first kappa shape index (κ1) is 13.9. The van der Waals surface area contributed by atoms with Crippen molar-refractivity contribution >= 4 is 21.9 Å². The molecule has 0 heterocycles. The second kappa shape index (κ2) is 5.95. The normalized spacial score (nSPS) is 10.6. The van der Waals surface area contributed by atoms with Gasteiger partial charge in [0.1, 0.15) is 5.75 Å². The Hall–Kier alpha value is -1.17. The molecule has 0 atom stereocenters. The van der Waals surface area contributed by atoms with Crippen LogP contribution in [0.5, 0.6) is 5.75 Å². The molecule has 0 unspecified atom stereocenters. The summed E-state index contributed by atoms with van der Waals surface area (Å²) in [4.78, 5) is 10.7. The van der Waals surface area contributed by atoms with Gasteiger partial charge in [0.25, 0.3) is 0 Å². The molecule has 94 valence electrons. The summed E-state index contributed by atoms with van der Waals surface area (Å²) < 4.78 is 28.7. The first-order valence-electron chi connectivity index (χ1n) is 4.79. The summed E-state index contributed by atoms with van der Waals surface area (Å²) in [6.07, 6.45) is -0.215. The molecule has 0 amide bonds. The standard InChI is InChI=1S/C11H11BrF2O3/c1-6-2-3-9(17-11(13)14)8(5-12)7(6)4-10(15)16/h2-3,11H,4-5H2,1H3,(H,15,16). The molecular formula is C11H11BrF2O3. The van der Waals surface area contributed by atoms with Gasteiger partial charge in [-0.05, 0) is 24.1 Å². The Morgan fingerprint density at radius 3 is 2.59 bits per heavy atom. The lowest BCUT2D eigenvalue weighted by atomic mass is 9.99. The van der Waals surface area contributed by atoms with Crippen LogP contribution in [0.25, 0.3) is 0 Å². The van der Waals surface area contributed by atoms with E-state index in [2.05, 4.69) is 20.7 Å². The van der Waals surface area contributed by atoms with Crippen molar-refractivity contribution in [1.82, 2.24) is 0 Å². The average Bonchev–Trinajstić information content (AvgIpc) is 2.22. The molecule has 0 fully saturated rings. The molecule has 1 aromatic rings. The van der Waals surface area contributed by atoms with Crippen LogP contribution in [0.3, 0.4) is 0 Å². The fraction of sp³-hybridized carbons (Fsp3) is 0.364. The largest absolute Gasteiger partial charge is 0.481 e. The van der Waals surface area contributed by atoms with Crippen LogP contribution in [-0.4, -0.2) is 17.7 Å².